The van der Waals surface area contributed by atoms with Gasteiger partial charge in [-0.1, -0.05) is 13.8 Å². The first kappa shape index (κ1) is 14.9. The monoisotopic (exact) mass is 241 g/mol. The summed E-state index contributed by atoms with van der Waals surface area (Å²) in [5.41, 5.74) is 5.62. The van der Waals surface area contributed by atoms with Gasteiger partial charge in [0, 0.05) is 19.1 Å². The Morgan fingerprint density at radius 3 is 2.24 bits per heavy atom. The third-order valence-corrected chi connectivity index (χ3v) is 4.00. The fourth-order valence-corrected chi connectivity index (χ4v) is 3.05. The number of piperidine rings is 1. The van der Waals surface area contributed by atoms with Gasteiger partial charge in [-0.15, -0.1) is 0 Å². The van der Waals surface area contributed by atoms with E-state index in [1.807, 2.05) is 0 Å². The van der Waals surface area contributed by atoms with Gasteiger partial charge in [0.2, 0.25) is 0 Å². The zero-order valence-corrected chi connectivity index (χ0v) is 12.2. The number of hydrogen-bond acceptors (Lipinski definition) is 3. The molecule has 0 saturated carbocycles. The highest BCUT2D eigenvalue weighted by molar-refractivity contribution is 4.82. The van der Waals surface area contributed by atoms with Crippen LogP contribution in [0.4, 0.5) is 0 Å². The van der Waals surface area contributed by atoms with Crippen LogP contribution in [-0.4, -0.2) is 56.1 Å². The first-order chi connectivity index (χ1) is 8.04. The van der Waals surface area contributed by atoms with Gasteiger partial charge in [-0.05, 0) is 58.3 Å². The van der Waals surface area contributed by atoms with Crippen LogP contribution in [0, 0.1) is 11.8 Å². The standard InChI is InChI=1S/C14H31N3/c1-12(2)11-14(16(3)4)13-5-8-17(9-6-13)10-7-15/h12-14H,5-11,15H2,1-4H3. The Bertz CT molecular complexity index is 196. The van der Waals surface area contributed by atoms with E-state index < -0.39 is 0 Å². The van der Waals surface area contributed by atoms with Gasteiger partial charge >= 0.3 is 0 Å². The van der Waals surface area contributed by atoms with Crippen molar-refractivity contribution in [1.82, 2.24) is 9.80 Å². The summed E-state index contributed by atoms with van der Waals surface area (Å²) < 4.78 is 0. The van der Waals surface area contributed by atoms with E-state index in [0.717, 1.165) is 31.0 Å². The molecule has 0 aliphatic carbocycles. The van der Waals surface area contributed by atoms with Crippen molar-refractivity contribution < 1.29 is 0 Å². The highest BCUT2D eigenvalue weighted by Gasteiger charge is 2.27. The van der Waals surface area contributed by atoms with Crippen molar-refractivity contribution in [3.05, 3.63) is 0 Å². The lowest BCUT2D eigenvalue weighted by molar-refractivity contribution is 0.106. The zero-order chi connectivity index (χ0) is 12.8. The minimum absolute atomic E-state index is 0.759. The highest BCUT2D eigenvalue weighted by atomic mass is 15.1. The number of nitrogens with two attached hydrogens (primary N) is 1. The van der Waals surface area contributed by atoms with Gasteiger partial charge in [0.1, 0.15) is 0 Å². The van der Waals surface area contributed by atoms with Crippen LogP contribution in [0.3, 0.4) is 0 Å². The third-order valence-electron chi connectivity index (χ3n) is 4.00. The first-order valence-electron chi connectivity index (χ1n) is 7.13. The molecule has 0 radical (unpaired) electrons. The predicted octanol–water partition coefficient (Wildman–Crippen LogP) is 1.63. The second kappa shape index (κ2) is 7.34. The minimum Gasteiger partial charge on any atom is -0.329 e. The van der Waals surface area contributed by atoms with Crippen LogP contribution >= 0.6 is 0 Å². The second-order valence-electron chi connectivity index (χ2n) is 6.13. The average Bonchev–Trinajstić information content (AvgIpc) is 2.27. The summed E-state index contributed by atoms with van der Waals surface area (Å²) in [4.78, 5) is 4.95. The summed E-state index contributed by atoms with van der Waals surface area (Å²) in [5.74, 6) is 1.67. The number of rotatable bonds is 6. The molecule has 0 aromatic heterocycles. The van der Waals surface area contributed by atoms with Crippen molar-refractivity contribution in [1.29, 1.82) is 0 Å². The van der Waals surface area contributed by atoms with Crippen LogP contribution in [0.1, 0.15) is 33.1 Å². The quantitative estimate of drug-likeness (QED) is 0.767. The Morgan fingerprint density at radius 2 is 1.82 bits per heavy atom. The molecule has 1 rings (SSSR count). The number of hydrogen-bond donors (Lipinski definition) is 1. The predicted molar refractivity (Wildman–Crippen MR) is 75.1 cm³/mol. The van der Waals surface area contributed by atoms with Gasteiger partial charge in [0.25, 0.3) is 0 Å². The van der Waals surface area contributed by atoms with E-state index >= 15 is 0 Å². The smallest absolute Gasteiger partial charge is 0.0121 e. The number of nitrogens with zero attached hydrogens (tertiary/aromatic N) is 2. The van der Waals surface area contributed by atoms with Crippen molar-refractivity contribution >= 4 is 0 Å². The van der Waals surface area contributed by atoms with Crippen LogP contribution in [-0.2, 0) is 0 Å². The molecule has 102 valence electrons. The lowest BCUT2D eigenvalue weighted by Gasteiger charge is -2.39. The van der Waals surface area contributed by atoms with Crippen LogP contribution in [0.5, 0.6) is 0 Å². The van der Waals surface area contributed by atoms with E-state index in [0.29, 0.717) is 0 Å². The van der Waals surface area contributed by atoms with E-state index in [-0.39, 0.29) is 0 Å². The lowest BCUT2D eigenvalue weighted by atomic mass is 9.84. The van der Waals surface area contributed by atoms with Crippen LogP contribution in [0.2, 0.25) is 0 Å². The summed E-state index contributed by atoms with van der Waals surface area (Å²) in [6.45, 7) is 9.02. The lowest BCUT2D eigenvalue weighted by Crippen LogP contribution is -2.44. The van der Waals surface area contributed by atoms with Gasteiger partial charge in [-0.25, -0.2) is 0 Å². The second-order valence-corrected chi connectivity index (χ2v) is 6.13. The molecule has 2 N–H and O–H groups in total. The summed E-state index contributed by atoms with van der Waals surface area (Å²) in [5, 5.41) is 0. The van der Waals surface area contributed by atoms with E-state index in [2.05, 4.69) is 37.7 Å². The fourth-order valence-electron chi connectivity index (χ4n) is 3.05. The first-order valence-corrected chi connectivity index (χ1v) is 7.13. The molecule has 0 bridgehead atoms. The summed E-state index contributed by atoms with van der Waals surface area (Å²) in [7, 11) is 4.47. The molecule has 1 fully saturated rings. The van der Waals surface area contributed by atoms with Crippen LogP contribution in [0.25, 0.3) is 0 Å². The van der Waals surface area contributed by atoms with Gasteiger partial charge in [-0.2, -0.15) is 0 Å². The Labute approximate surface area is 107 Å². The molecular formula is C14H31N3. The molecule has 1 heterocycles. The highest BCUT2D eigenvalue weighted by Crippen LogP contribution is 2.26. The van der Waals surface area contributed by atoms with Crippen molar-refractivity contribution in [3.63, 3.8) is 0 Å². The SMILES string of the molecule is CC(C)CC(C1CCN(CCN)CC1)N(C)C. The maximum atomic E-state index is 5.62. The van der Waals surface area contributed by atoms with Crippen molar-refractivity contribution in [2.45, 2.75) is 39.2 Å². The average molecular weight is 241 g/mol. The molecule has 1 unspecified atom stereocenters. The topological polar surface area (TPSA) is 32.5 Å². The Balaban J connectivity index is 2.43. The molecule has 0 aromatic carbocycles. The molecule has 3 heteroatoms. The molecule has 0 amide bonds. The normalized spacial score (nSPS) is 21.4. The molecule has 1 saturated heterocycles. The molecule has 0 aromatic rings. The third kappa shape index (κ3) is 4.94. The van der Waals surface area contributed by atoms with Crippen molar-refractivity contribution in [3.8, 4) is 0 Å². The Kier molecular flexibility index (Phi) is 6.45. The molecule has 1 aliphatic rings. The molecule has 1 atom stereocenters. The van der Waals surface area contributed by atoms with Gasteiger partial charge < -0.3 is 15.5 Å². The van der Waals surface area contributed by atoms with Gasteiger partial charge in [0.15, 0.2) is 0 Å². The minimum atomic E-state index is 0.759. The Hall–Kier alpha value is -0.120. The summed E-state index contributed by atoms with van der Waals surface area (Å²) in [6, 6.07) is 0.759. The molecule has 0 spiro atoms. The van der Waals surface area contributed by atoms with Crippen LogP contribution in [0.15, 0.2) is 0 Å². The maximum absolute atomic E-state index is 5.62. The molecule has 1 aliphatic heterocycles. The van der Waals surface area contributed by atoms with Gasteiger partial charge in [0.05, 0.1) is 0 Å². The Morgan fingerprint density at radius 1 is 1.24 bits per heavy atom. The summed E-state index contributed by atoms with van der Waals surface area (Å²) >= 11 is 0. The number of likely N-dealkylation sites (tertiary alicyclic amines) is 1. The largest absolute Gasteiger partial charge is 0.329 e. The van der Waals surface area contributed by atoms with E-state index in [4.69, 9.17) is 5.73 Å². The summed E-state index contributed by atoms with van der Waals surface area (Å²) in [6.07, 6.45) is 4.01. The van der Waals surface area contributed by atoms with Crippen LogP contribution < -0.4 is 5.73 Å². The van der Waals surface area contributed by atoms with E-state index in [9.17, 15) is 0 Å². The van der Waals surface area contributed by atoms with Gasteiger partial charge in [-0.3, -0.25) is 0 Å². The van der Waals surface area contributed by atoms with Crippen molar-refractivity contribution in [2.24, 2.45) is 17.6 Å². The van der Waals surface area contributed by atoms with E-state index in [1.54, 1.807) is 0 Å². The van der Waals surface area contributed by atoms with E-state index in [1.165, 1.54) is 32.4 Å². The molecule has 3 nitrogen and oxygen atoms in total. The fraction of sp³-hybridized carbons (Fsp3) is 1.00. The zero-order valence-electron chi connectivity index (χ0n) is 12.2. The maximum Gasteiger partial charge on any atom is 0.0121 e. The molecule has 17 heavy (non-hydrogen) atoms. The van der Waals surface area contributed by atoms with Crippen molar-refractivity contribution in [2.75, 3.05) is 40.3 Å². The molecular weight excluding hydrogens is 210 g/mol.